The number of anilines is 3. The first-order valence-electron chi connectivity index (χ1n) is 14.7. The fraction of sp³-hybridized carbons (Fsp3) is 0.500. The number of ether oxygens (including phenoxy) is 2. The van der Waals surface area contributed by atoms with E-state index >= 15 is 0 Å². The Labute approximate surface area is 234 Å². The van der Waals surface area contributed by atoms with E-state index in [1.807, 2.05) is 29.3 Å². The van der Waals surface area contributed by atoms with Gasteiger partial charge in [-0.1, -0.05) is 30.3 Å². The molecule has 5 heterocycles. The highest BCUT2D eigenvalue weighted by atomic mass is 16.5. The Morgan fingerprint density at radius 1 is 0.850 bits per heavy atom. The van der Waals surface area contributed by atoms with Crippen LogP contribution in [0.3, 0.4) is 0 Å². The van der Waals surface area contributed by atoms with Crippen LogP contribution in [0.4, 0.5) is 17.5 Å². The number of fused-ring (bicyclic) bond motifs is 1. The van der Waals surface area contributed by atoms with Crippen LogP contribution in [0.5, 0.6) is 0 Å². The third-order valence-electron chi connectivity index (χ3n) is 8.64. The van der Waals surface area contributed by atoms with Crippen molar-refractivity contribution < 1.29 is 9.47 Å². The third-order valence-corrected chi connectivity index (χ3v) is 8.64. The minimum atomic E-state index is 0.370. The van der Waals surface area contributed by atoms with Crippen LogP contribution >= 0.6 is 0 Å². The molecule has 0 unspecified atom stereocenters. The molecule has 10 heteroatoms. The van der Waals surface area contributed by atoms with E-state index in [-0.39, 0.29) is 0 Å². The summed E-state index contributed by atoms with van der Waals surface area (Å²) in [5.41, 5.74) is 3.96. The summed E-state index contributed by atoms with van der Waals surface area (Å²) in [4.78, 5) is 15.9. The first-order chi connectivity index (χ1) is 19.8. The smallest absolute Gasteiger partial charge is 0.231 e. The Kier molecular flexibility index (Phi) is 7.37. The number of aromatic nitrogens is 5. The molecule has 4 aromatic rings. The Hall–Kier alpha value is -3.47. The van der Waals surface area contributed by atoms with Crippen LogP contribution < -0.4 is 10.6 Å². The quantitative estimate of drug-likeness (QED) is 0.301. The van der Waals surface area contributed by atoms with Crippen molar-refractivity contribution in [3.05, 3.63) is 48.9 Å². The molecule has 1 saturated carbocycles. The fourth-order valence-electron chi connectivity index (χ4n) is 6.44. The normalized spacial score (nSPS) is 22.9. The van der Waals surface area contributed by atoms with E-state index in [1.54, 1.807) is 0 Å². The second-order valence-electron chi connectivity index (χ2n) is 11.2. The number of hydrogen-bond acceptors (Lipinski definition) is 8. The molecule has 2 saturated heterocycles. The summed E-state index contributed by atoms with van der Waals surface area (Å²) in [6, 6.07) is 11.9. The van der Waals surface area contributed by atoms with E-state index in [1.165, 1.54) is 12.8 Å². The van der Waals surface area contributed by atoms with Crippen molar-refractivity contribution in [3.8, 4) is 11.1 Å². The van der Waals surface area contributed by atoms with Gasteiger partial charge in [-0.15, -0.1) is 0 Å². The molecule has 10 nitrogen and oxygen atoms in total. The maximum absolute atomic E-state index is 5.57. The number of H-pyrrole nitrogens is 1. The molecule has 0 amide bonds. The van der Waals surface area contributed by atoms with Gasteiger partial charge in [0.2, 0.25) is 5.95 Å². The van der Waals surface area contributed by atoms with E-state index in [2.05, 4.69) is 49.9 Å². The molecule has 40 heavy (non-hydrogen) atoms. The standard InChI is InChI=1S/C30H38N8O2/c1-2-4-21(5-3-1)26-19-31-28-27(26)29(33-22-6-8-24(9-7-22)37-12-16-40-17-13-37)36-30(35-28)34-23-18-32-38(20-23)25-10-14-39-15-11-25/h1-5,18-20,22,24-25H,6-17H2,(H3,31,33,34,35,36). The van der Waals surface area contributed by atoms with E-state index in [0.717, 1.165) is 98.9 Å². The minimum absolute atomic E-state index is 0.370. The summed E-state index contributed by atoms with van der Waals surface area (Å²) in [6.45, 7) is 5.39. The van der Waals surface area contributed by atoms with Gasteiger partial charge in [-0.3, -0.25) is 9.58 Å². The molecular weight excluding hydrogens is 504 g/mol. The molecule has 3 aliphatic rings. The van der Waals surface area contributed by atoms with Crippen LogP contribution in [0.1, 0.15) is 44.6 Å². The lowest BCUT2D eigenvalue weighted by Crippen LogP contribution is -2.46. The van der Waals surface area contributed by atoms with Gasteiger partial charge in [-0.2, -0.15) is 15.1 Å². The van der Waals surface area contributed by atoms with Crippen molar-refractivity contribution in [2.45, 2.75) is 56.7 Å². The molecule has 0 radical (unpaired) electrons. The predicted octanol–water partition coefficient (Wildman–Crippen LogP) is 4.97. The first-order valence-corrected chi connectivity index (χ1v) is 14.7. The first kappa shape index (κ1) is 25.5. The van der Waals surface area contributed by atoms with Gasteiger partial charge in [0.25, 0.3) is 0 Å². The van der Waals surface area contributed by atoms with Gasteiger partial charge >= 0.3 is 0 Å². The fourth-order valence-corrected chi connectivity index (χ4v) is 6.44. The number of nitrogens with one attached hydrogen (secondary N) is 3. The van der Waals surface area contributed by atoms with E-state index < -0.39 is 0 Å². The van der Waals surface area contributed by atoms with Gasteiger partial charge in [0.1, 0.15) is 11.5 Å². The second kappa shape index (κ2) is 11.6. The summed E-state index contributed by atoms with van der Waals surface area (Å²) in [7, 11) is 0. The van der Waals surface area contributed by atoms with Gasteiger partial charge < -0.3 is 25.1 Å². The molecule has 210 valence electrons. The maximum Gasteiger partial charge on any atom is 0.231 e. The average molecular weight is 543 g/mol. The number of aromatic amines is 1. The second-order valence-corrected chi connectivity index (χ2v) is 11.2. The lowest BCUT2D eigenvalue weighted by atomic mass is 9.90. The molecule has 1 aromatic carbocycles. The number of benzene rings is 1. The monoisotopic (exact) mass is 542 g/mol. The molecule has 7 rings (SSSR count). The van der Waals surface area contributed by atoms with Crippen molar-refractivity contribution in [2.75, 3.05) is 50.2 Å². The van der Waals surface area contributed by atoms with Crippen LogP contribution in [0.2, 0.25) is 0 Å². The molecule has 1 aliphatic carbocycles. The molecule has 3 fully saturated rings. The number of hydrogen-bond donors (Lipinski definition) is 3. The van der Waals surface area contributed by atoms with Crippen LogP contribution in [-0.4, -0.2) is 81.2 Å². The van der Waals surface area contributed by atoms with E-state index in [4.69, 9.17) is 19.4 Å². The van der Waals surface area contributed by atoms with Crippen molar-refractivity contribution in [2.24, 2.45) is 0 Å². The van der Waals surface area contributed by atoms with Crippen molar-refractivity contribution >= 4 is 28.5 Å². The molecule has 3 N–H and O–H groups in total. The largest absolute Gasteiger partial charge is 0.381 e. The van der Waals surface area contributed by atoms with Gasteiger partial charge in [0.15, 0.2) is 0 Å². The third kappa shape index (κ3) is 5.43. The zero-order valence-corrected chi connectivity index (χ0v) is 22.9. The highest BCUT2D eigenvalue weighted by Crippen LogP contribution is 2.35. The Morgan fingerprint density at radius 2 is 1.62 bits per heavy atom. The number of morpholine rings is 1. The van der Waals surface area contributed by atoms with Crippen LogP contribution in [0.15, 0.2) is 48.9 Å². The summed E-state index contributed by atoms with van der Waals surface area (Å²) >= 11 is 0. The Bertz CT molecular complexity index is 1400. The van der Waals surface area contributed by atoms with Crippen LogP contribution in [-0.2, 0) is 9.47 Å². The Balaban J connectivity index is 1.14. The van der Waals surface area contributed by atoms with Crippen molar-refractivity contribution in [3.63, 3.8) is 0 Å². The summed E-state index contributed by atoms with van der Waals surface area (Å²) in [5.74, 6) is 1.43. The number of nitrogens with zero attached hydrogens (tertiary/aromatic N) is 5. The van der Waals surface area contributed by atoms with Gasteiger partial charge in [0, 0.05) is 56.3 Å². The average Bonchev–Trinajstić information content (AvgIpc) is 3.67. The lowest BCUT2D eigenvalue weighted by molar-refractivity contribution is 0.00791. The SMILES string of the molecule is c1ccc(-c2c[nH]c3nc(Nc4cnn(C5CCOCC5)c4)nc(NC4CCC(N5CCOCC5)CC4)c23)cc1. The highest BCUT2D eigenvalue weighted by molar-refractivity contribution is 6.01. The molecule has 0 atom stereocenters. The topological polar surface area (TPSA) is 105 Å². The summed E-state index contributed by atoms with van der Waals surface area (Å²) < 4.78 is 13.1. The van der Waals surface area contributed by atoms with Gasteiger partial charge in [0.05, 0.1) is 36.5 Å². The summed E-state index contributed by atoms with van der Waals surface area (Å²) in [5, 5.41) is 12.9. The van der Waals surface area contributed by atoms with Gasteiger partial charge in [-0.05, 0) is 44.1 Å². The maximum atomic E-state index is 5.57. The Morgan fingerprint density at radius 3 is 2.42 bits per heavy atom. The molecule has 2 aliphatic heterocycles. The lowest BCUT2D eigenvalue weighted by Gasteiger charge is -2.39. The minimum Gasteiger partial charge on any atom is -0.381 e. The summed E-state index contributed by atoms with van der Waals surface area (Å²) in [6.07, 6.45) is 12.6. The zero-order chi connectivity index (χ0) is 26.7. The molecular formula is C30H38N8O2. The van der Waals surface area contributed by atoms with E-state index in [0.29, 0.717) is 24.1 Å². The predicted molar refractivity (Wildman–Crippen MR) is 156 cm³/mol. The van der Waals surface area contributed by atoms with Crippen LogP contribution in [0, 0.1) is 0 Å². The number of rotatable bonds is 7. The molecule has 0 spiro atoms. The molecule has 3 aromatic heterocycles. The van der Waals surface area contributed by atoms with Gasteiger partial charge in [-0.25, -0.2) is 0 Å². The van der Waals surface area contributed by atoms with Crippen molar-refractivity contribution in [1.29, 1.82) is 0 Å². The van der Waals surface area contributed by atoms with E-state index in [9.17, 15) is 0 Å². The molecule has 0 bridgehead atoms. The van der Waals surface area contributed by atoms with Crippen molar-refractivity contribution in [1.82, 2.24) is 29.6 Å². The highest BCUT2D eigenvalue weighted by Gasteiger charge is 2.28. The zero-order valence-electron chi connectivity index (χ0n) is 22.9. The van der Waals surface area contributed by atoms with Crippen LogP contribution in [0.25, 0.3) is 22.2 Å².